The third kappa shape index (κ3) is 3.84. The van der Waals surface area contributed by atoms with E-state index in [-0.39, 0.29) is 12.6 Å². The van der Waals surface area contributed by atoms with Crippen LogP contribution in [0.1, 0.15) is 28.7 Å². The van der Waals surface area contributed by atoms with Crippen molar-refractivity contribution in [2.75, 3.05) is 19.2 Å². The normalized spacial score (nSPS) is 12.5. The number of rotatable bonds is 7. The molecule has 0 unspecified atom stereocenters. The third-order valence-electron chi connectivity index (χ3n) is 5.32. The maximum atomic E-state index is 13.1. The first-order chi connectivity index (χ1) is 15.5. The lowest BCUT2D eigenvalue weighted by Crippen LogP contribution is -2.05. The third-order valence-corrected chi connectivity index (χ3v) is 7.49. The fraction of sp³-hybridized carbons (Fsp3) is 0.250. The molecule has 0 saturated heterocycles. The molecule has 0 amide bonds. The molecule has 0 atom stereocenters. The van der Waals surface area contributed by atoms with Crippen LogP contribution in [-0.2, 0) is 0 Å². The first-order valence-electron chi connectivity index (χ1n) is 10.3. The number of carbonyl (C=O) groups is 1. The van der Waals surface area contributed by atoms with Crippen molar-refractivity contribution in [3.05, 3.63) is 59.4 Å². The number of Topliss-reactive ketones (excluding diaryl/α,β-unsaturated/α-hetero) is 1. The number of aromatic nitrogens is 2. The van der Waals surface area contributed by atoms with Gasteiger partial charge in [0.1, 0.15) is 5.75 Å². The number of thioether (sulfide) groups is 1. The summed E-state index contributed by atoms with van der Waals surface area (Å²) >= 11 is 3.06. The molecule has 0 aliphatic carbocycles. The van der Waals surface area contributed by atoms with Gasteiger partial charge in [0.2, 0.25) is 6.79 Å². The summed E-state index contributed by atoms with van der Waals surface area (Å²) in [6, 6.07) is 13.7. The van der Waals surface area contributed by atoms with E-state index >= 15 is 0 Å². The number of ether oxygens (including phenoxy) is 3. The number of hydrogen-bond acceptors (Lipinski definition) is 7. The summed E-state index contributed by atoms with van der Waals surface area (Å²) in [5.41, 5.74) is 4.52. The van der Waals surface area contributed by atoms with Gasteiger partial charge in [-0.15, -0.1) is 11.3 Å². The van der Waals surface area contributed by atoms with Gasteiger partial charge in [-0.1, -0.05) is 11.8 Å². The van der Waals surface area contributed by atoms with Gasteiger partial charge in [0.15, 0.2) is 21.6 Å². The van der Waals surface area contributed by atoms with Gasteiger partial charge in [-0.05, 0) is 57.2 Å². The number of fused-ring (bicyclic) bond motifs is 2. The van der Waals surface area contributed by atoms with E-state index in [1.54, 1.807) is 11.3 Å². The Hall–Kier alpha value is -2.97. The molecule has 0 spiro atoms. The first kappa shape index (κ1) is 20.9. The van der Waals surface area contributed by atoms with Gasteiger partial charge in [-0.3, -0.25) is 4.79 Å². The van der Waals surface area contributed by atoms with Gasteiger partial charge in [-0.25, -0.2) is 4.98 Å². The standard InChI is InChI=1S/C24H22N2O4S2/c1-4-28-17-6-7-19-23(11-17)32-24(25-19)31-12-20(27)18-9-14(2)26(15(18)3)16-5-8-21-22(10-16)30-13-29-21/h5-11H,4,12-13H2,1-3H3. The van der Waals surface area contributed by atoms with E-state index in [2.05, 4.69) is 9.55 Å². The minimum Gasteiger partial charge on any atom is -0.494 e. The number of aryl methyl sites for hydroxylation is 1. The summed E-state index contributed by atoms with van der Waals surface area (Å²) in [7, 11) is 0. The highest BCUT2D eigenvalue weighted by molar-refractivity contribution is 8.01. The number of nitrogens with zero attached hydrogens (tertiary/aromatic N) is 2. The Morgan fingerprint density at radius 3 is 2.84 bits per heavy atom. The zero-order valence-electron chi connectivity index (χ0n) is 18.0. The number of carbonyl (C=O) groups excluding carboxylic acids is 1. The van der Waals surface area contributed by atoms with Gasteiger partial charge >= 0.3 is 0 Å². The highest BCUT2D eigenvalue weighted by Gasteiger charge is 2.20. The Balaban J connectivity index is 1.34. The van der Waals surface area contributed by atoms with Gasteiger partial charge in [0.05, 0.1) is 22.6 Å². The van der Waals surface area contributed by atoms with Gasteiger partial charge in [0.25, 0.3) is 0 Å². The number of ketones is 1. The fourth-order valence-electron chi connectivity index (χ4n) is 3.87. The summed E-state index contributed by atoms with van der Waals surface area (Å²) in [4.78, 5) is 17.7. The van der Waals surface area contributed by atoms with Gasteiger partial charge in [-0.2, -0.15) is 0 Å². The Morgan fingerprint density at radius 2 is 2.00 bits per heavy atom. The molecular weight excluding hydrogens is 444 g/mol. The molecule has 0 bridgehead atoms. The van der Waals surface area contributed by atoms with Crippen LogP contribution in [-0.4, -0.2) is 34.5 Å². The molecule has 0 saturated carbocycles. The molecule has 2 aromatic carbocycles. The summed E-state index contributed by atoms with van der Waals surface area (Å²) in [6.07, 6.45) is 0. The molecule has 3 heterocycles. The Labute approximate surface area is 194 Å². The van der Waals surface area contributed by atoms with Crippen molar-refractivity contribution < 1.29 is 19.0 Å². The average Bonchev–Trinajstić information content (AvgIpc) is 3.48. The predicted molar refractivity (Wildman–Crippen MR) is 127 cm³/mol. The van der Waals surface area contributed by atoms with E-state index in [0.717, 1.165) is 54.4 Å². The molecule has 164 valence electrons. The van der Waals surface area contributed by atoms with Crippen LogP contribution < -0.4 is 14.2 Å². The van der Waals surface area contributed by atoms with Crippen LogP contribution in [0.3, 0.4) is 0 Å². The van der Waals surface area contributed by atoms with Crippen LogP contribution in [0.5, 0.6) is 17.2 Å². The van der Waals surface area contributed by atoms with Crippen LogP contribution in [0.25, 0.3) is 15.9 Å². The second-order valence-electron chi connectivity index (χ2n) is 7.41. The largest absolute Gasteiger partial charge is 0.494 e. The van der Waals surface area contributed by atoms with E-state index in [1.807, 2.05) is 63.2 Å². The molecule has 0 N–H and O–H groups in total. The first-order valence-corrected chi connectivity index (χ1v) is 12.1. The minimum atomic E-state index is 0.0874. The quantitative estimate of drug-likeness (QED) is 0.253. The molecule has 1 aliphatic rings. The lowest BCUT2D eigenvalue weighted by molar-refractivity contribution is 0.102. The zero-order valence-corrected chi connectivity index (χ0v) is 19.6. The Morgan fingerprint density at radius 1 is 1.16 bits per heavy atom. The summed E-state index contributed by atoms with van der Waals surface area (Å²) in [5.74, 6) is 2.73. The second-order valence-corrected chi connectivity index (χ2v) is 9.67. The van der Waals surface area contributed by atoms with Crippen molar-refractivity contribution in [3.8, 4) is 22.9 Å². The average molecular weight is 467 g/mol. The summed E-state index contributed by atoms with van der Waals surface area (Å²) in [5, 5.41) is 0. The highest BCUT2D eigenvalue weighted by atomic mass is 32.2. The van der Waals surface area contributed by atoms with Crippen molar-refractivity contribution in [2.45, 2.75) is 25.1 Å². The van der Waals surface area contributed by atoms with E-state index in [1.165, 1.54) is 11.8 Å². The molecule has 0 radical (unpaired) electrons. The van der Waals surface area contributed by atoms with E-state index in [4.69, 9.17) is 14.2 Å². The van der Waals surface area contributed by atoms with E-state index in [9.17, 15) is 4.79 Å². The van der Waals surface area contributed by atoms with Crippen LogP contribution in [0, 0.1) is 13.8 Å². The Kier molecular flexibility index (Phi) is 5.57. The van der Waals surface area contributed by atoms with E-state index in [0.29, 0.717) is 12.4 Å². The maximum absolute atomic E-state index is 13.1. The maximum Gasteiger partial charge on any atom is 0.231 e. The smallest absolute Gasteiger partial charge is 0.231 e. The SMILES string of the molecule is CCOc1ccc2nc(SCC(=O)c3cc(C)n(-c4ccc5c(c4)OCO5)c3C)sc2c1. The minimum absolute atomic E-state index is 0.0874. The number of benzene rings is 2. The second kappa shape index (κ2) is 8.52. The van der Waals surface area contributed by atoms with Crippen LogP contribution >= 0.6 is 23.1 Å². The zero-order chi connectivity index (χ0) is 22.2. The molecule has 6 nitrogen and oxygen atoms in total. The number of thiazole rings is 1. The Bertz CT molecular complexity index is 1330. The van der Waals surface area contributed by atoms with Gasteiger partial charge < -0.3 is 18.8 Å². The van der Waals surface area contributed by atoms with Crippen molar-refractivity contribution in [2.24, 2.45) is 0 Å². The predicted octanol–water partition coefficient (Wildman–Crippen LogP) is 5.81. The van der Waals surface area contributed by atoms with Crippen molar-refractivity contribution in [1.82, 2.24) is 9.55 Å². The molecule has 4 aromatic rings. The topological polar surface area (TPSA) is 62.6 Å². The lowest BCUT2D eigenvalue weighted by atomic mass is 10.2. The summed E-state index contributed by atoms with van der Waals surface area (Å²) in [6.45, 7) is 6.81. The number of hydrogen-bond donors (Lipinski definition) is 0. The van der Waals surface area contributed by atoms with E-state index < -0.39 is 0 Å². The van der Waals surface area contributed by atoms with Crippen molar-refractivity contribution in [1.29, 1.82) is 0 Å². The highest BCUT2D eigenvalue weighted by Crippen LogP contribution is 2.36. The van der Waals surface area contributed by atoms with Crippen LogP contribution in [0.15, 0.2) is 46.8 Å². The fourth-order valence-corrected chi connectivity index (χ4v) is 5.85. The van der Waals surface area contributed by atoms with Gasteiger partial charge in [0, 0.05) is 28.7 Å². The molecular formula is C24H22N2O4S2. The molecule has 0 fully saturated rings. The lowest BCUT2D eigenvalue weighted by Gasteiger charge is -2.10. The van der Waals surface area contributed by atoms with Crippen molar-refractivity contribution in [3.63, 3.8) is 0 Å². The molecule has 1 aliphatic heterocycles. The van der Waals surface area contributed by atoms with Crippen LogP contribution in [0.2, 0.25) is 0 Å². The molecule has 5 rings (SSSR count). The monoisotopic (exact) mass is 466 g/mol. The molecule has 8 heteroatoms. The van der Waals surface area contributed by atoms with Crippen LogP contribution in [0.4, 0.5) is 0 Å². The van der Waals surface area contributed by atoms with Crippen molar-refractivity contribution >= 4 is 39.1 Å². The molecule has 32 heavy (non-hydrogen) atoms. The summed E-state index contributed by atoms with van der Waals surface area (Å²) < 4.78 is 20.5. The molecule has 2 aromatic heterocycles.